The molecule has 1 saturated carbocycles. The second-order valence-electron chi connectivity index (χ2n) is 4.48. The van der Waals surface area contributed by atoms with Crippen LogP contribution in [0.2, 0.25) is 0 Å². The van der Waals surface area contributed by atoms with Crippen LogP contribution in [-0.2, 0) is 4.79 Å². The minimum atomic E-state index is 0.307. The predicted octanol–water partition coefficient (Wildman–Crippen LogP) is 2.39. The van der Waals surface area contributed by atoms with Crippen LogP contribution in [0.1, 0.15) is 24.3 Å². The molecule has 78 valence electrons. The van der Waals surface area contributed by atoms with Crippen LogP contribution in [0.5, 0.6) is 5.75 Å². The van der Waals surface area contributed by atoms with Crippen molar-refractivity contribution in [1.29, 1.82) is 0 Å². The average Bonchev–Trinajstić information content (AvgIpc) is 3.07. The highest BCUT2D eigenvalue weighted by molar-refractivity contribution is 5.59. The molecule has 2 nitrogen and oxygen atoms in total. The second-order valence-corrected chi connectivity index (χ2v) is 4.48. The van der Waals surface area contributed by atoms with E-state index >= 15 is 0 Å². The van der Waals surface area contributed by atoms with Gasteiger partial charge in [-0.2, -0.15) is 0 Å². The summed E-state index contributed by atoms with van der Waals surface area (Å²) in [4.78, 5) is 10.7. The molecule has 0 N–H and O–H groups in total. The second kappa shape index (κ2) is 3.37. The maximum atomic E-state index is 10.7. The van der Waals surface area contributed by atoms with Gasteiger partial charge >= 0.3 is 0 Å². The van der Waals surface area contributed by atoms with Gasteiger partial charge in [0.25, 0.3) is 0 Å². The van der Waals surface area contributed by atoms with E-state index in [9.17, 15) is 4.79 Å². The molecule has 2 heteroatoms. The summed E-state index contributed by atoms with van der Waals surface area (Å²) in [7, 11) is 0. The number of benzene rings is 1. The number of fused-ring (bicyclic) bond motifs is 1. The highest BCUT2D eigenvalue weighted by Gasteiger charge is 2.44. The molecule has 1 heterocycles. The van der Waals surface area contributed by atoms with Crippen molar-refractivity contribution in [2.24, 2.45) is 11.8 Å². The van der Waals surface area contributed by atoms with Crippen LogP contribution in [0.25, 0.3) is 0 Å². The van der Waals surface area contributed by atoms with Crippen LogP contribution in [-0.4, -0.2) is 12.9 Å². The Hall–Kier alpha value is -1.31. The van der Waals surface area contributed by atoms with Gasteiger partial charge < -0.3 is 9.53 Å². The number of hydrogen-bond acceptors (Lipinski definition) is 2. The summed E-state index contributed by atoms with van der Waals surface area (Å²) in [6.07, 6.45) is 3.25. The van der Waals surface area contributed by atoms with E-state index in [1.165, 1.54) is 5.56 Å². The van der Waals surface area contributed by atoms with E-state index in [0.717, 1.165) is 31.5 Å². The topological polar surface area (TPSA) is 26.3 Å². The summed E-state index contributed by atoms with van der Waals surface area (Å²) < 4.78 is 5.61. The van der Waals surface area contributed by atoms with Crippen LogP contribution < -0.4 is 4.74 Å². The van der Waals surface area contributed by atoms with E-state index in [2.05, 4.69) is 12.1 Å². The molecule has 3 atom stereocenters. The van der Waals surface area contributed by atoms with Crippen LogP contribution >= 0.6 is 0 Å². The van der Waals surface area contributed by atoms with Gasteiger partial charge in [-0.3, -0.25) is 0 Å². The molecule has 1 fully saturated rings. The molecule has 0 saturated heterocycles. The van der Waals surface area contributed by atoms with E-state index in [4.69, 9.17) is 4.74 Å². The van der Waals surface area contributed by atoms with Gasteiger partial charge in [0, 0.05) is 5.92 Å². The molecule has 0 spiro atoms. The largest absolute Gasteiger partial charge is 0.493 e. The third-order valence-corrected chi connectivity index (χ3v) is 3.59. The molecule has 1 unspecified atom stereocenters. The molecule has 0 aromatic heterocycles. The summed E-state index contributed by atoms with van der Waals surface area (Å²) in [5.74, 6) is 2.45. The minimum absolute atomic E-state index is 0.307. The fourth-order valence-corrected chi connectivity index (χ4v) is 2.67. The lowest BCUT2D eigenvalue weighted by molar-refractivity contribution is -0.109. The number of aldehydes is 1. The normalized spacial score (nSPS) is 32.7. The maximum absolute atomic E-state index is 10.7. The van der Waals surface area contributed by atoms with E-state index < -0.39 is 0 Å². The lowest BCUT2D eigenvalue weighted by Gasteiger charge is -2.25. The first-order chi connectivity index (χ1) is 7.40. The SMILES string of the molecule is O=C[C@@H]1C[C@H]1C1CCOc2ccccc21. The average molecular weight is 202 g/mol. The zero-order valence-corrected chi connectivity index (χ0v) is 8.56. The molecule has 1 aliphatic carbocycles. The standard InChI is InChI=1S/C13H14O2/c14-8-9-7-12(9)10-5-6-15-13-4-2-1-3-11(10)13/h1-4,8-10,12H,5-7H2/t9-,10?,12+/m0/s1. The van der Waals surface area contributed by atoms with Crippen molar-refractivity contribution in [3.63, 3.8) is 0 Å². The molecule has 1 aromatic carbocycles. The Morgan fingerprint density at radius 1 is 1.33 bits per heavy atom. The van der Waals surface area contributed by atoms with Crippen molar-refractivity contribution >= 4 is 6.29 Å². The van der Waals surface area contributed by atoms with E-state index in [1.54, 1.807) is 0 Å². The molecule has 1 aromatic rings. The third-order valence-electron chi connectivity index (χ3n) is 3.59. The quantitative estimate of drug-likeness (QED) is 0.688. The van der Waals surface area contributed by atoms with Gasteiger partial charge in [-0.25, -0.2) is 0 Å². The molecule has 0 bridgehead atoms. The molecule has 0 amide bonds. The number of hydrogen-bond donors (Lipinski definition) is 0. The summed E-state index contributed by atoms with van der Waals surface area (Å²) in [6, 6.07) is 8.23. The number of rotatable bonds is 2. The minimum Gasteiger partial charge on any atom is -0.493 e. The maximum Gasteiger partial charge on any atom is 0.123 e. The monoisotopic (exact) mass is 202 g/mol. The Labute approximate surface area is 89.2 Å². The summed E-state index contributed by atoms with van der Waals surface area (Å²) in [5, 5.41) is 0. The van der Waals surface area contributed by atoms with E-state index in [0.29, 0.717) is 17.8 Å². The molecular weight excluding hydrogens is 188 g/mol. The molecule has 0 radical (unpaired) electrons. The highest BCUT2D eigenvalue weighted by Crippen LogP contribution is 2.51. The smallest absolute Gasteiger partial charge is 0.123 e. The fraction of sp³-hybridized carbons (Fsp3) is 0.462. The third kappa shape index (κ3) is 1.44. The number of ether oxygens (including phenoxy) is 1. The van der Waals surface area contributed by atoms with Gasteiger partial charge in [0.15, 0.2) is 0 Å². The molecule has 1 aliphatic heterocycles. The van der Waals surface area contributed by atoms with Crippen LogP contribution in [0, 0.1) is 11.8 Å². The van der Waals surface area contributed by atoms with Crippen LogP contribution in [0.4, 0.5) is 0 Å². The fourth-order valence-electron chi connectivity index (χ4n) is 2.67. The number of carbonyl (C=O) groups is 1. The van der Waals surface area contributed by atoms with Crippen LogP contribution in [0.15, 0.2) is 24.3 Å². The van der Waals surface area contributed by atoms with Crippen molar-refractivity contribution in [3.05, 3.63) is 29.8 Å². The zero-order chi connectivity index (χ0) is 10.3. The van der Waals surface area contributed by atoms with Gasteiger partial charge in [0.1, 0.15) is 12.0 Å². The highest BCUT2D eigenvalue weighted by atomic mass is 16.5. The van der Waals surface area contributed by atoms with Crippen molar-refractivity contribution in [3.8, 4) is 5.75 Å². The molecule has 15 heavy (non-hydrogen) atoms. The van der Waals surface area contributed by atoms with E-state index in [-0.39, 0.29) is 0 Å². The lowest BCUT2D eigenvalue weighted by atomic mass is 9.88. The van der Waals surface area contributed by atoms with Crippen molar-refractivity contribution in [1.82, 2.24) is 0 Å². The Kier molecular flexibility index (Phi) is 2.01. The Bertz CT molecular complexity index is 386. The summed E-state index contributed by atoms with van der Waals surface area (Å²) >= 11 is 0. The van der Waals surface area contributed by atoms with Gasteiger partial charge in [-0.05, 0) is 36.3 Å². The predicted molar refractivity (Wildman–Crippen MR) is 57.0 cm³/mol. The van der Waals surface area contributed by atoms with Crippen molar-refractivity contribution < 1.29 is 9.53 Å². The first-order valence-corrected chi connectivity index (χ1v) is 5.57. The van der Waals surface area contributed by atoms with E-state index in [1.807, 2.05) is 12.1 Å². The number of carbonyl (C=O) groups excluding carboxylic acids is 1. The summed E-state index contributed by atoms with van der Waals surface area (Å²) in [5.41, 5.74) is 1.30. The van der Waals surface area contributed by atoms with Gasteiger partial charge in [-0.15, -0.1) is 0 Å². The Morgan fingerprint density at radius 3 is 3.00 bits per heavy atom. The number of para-hydroxylation sites is 1. The Balaban J connectivity index is 1.90. The Morgan fingerprint density at radius 2 is 2.20 bits per heavy atom. The van der Waals surface area contributed by atoms with Gasteiger partial charge in [0.05, 0.1) is 6.61 Å². The summed E-state index contributed by atoms with van der Waals surface area (Å²) in [6.45, 7) is 0.795. The zero-order valence-electron chi connectivity index (χ0n) is 8.56. The lowest BCUT2D eigenvalue weighted by Crippen LogP contribution is -2.16. The molecule has 3 rings (SSSR count). The van der Waals surface area contributed by atoms with Crippen molar-refractivity contribution in [2.75, 3.05) is 6.61 Å². The first-order valence-electron chi connectivity index (χ1n) is 5.57. The van der Waals surface area contributed by atoms with Gasteiger partial charge in [0.2, 0.25) is 0 Å². The van der Waals surface area contributed by atoms with Crippen molar-refractivity contribution in [2.45, 2.75) is 18.8 Å². The van der Waals surface area contributed by atoms with Crippen LogP contribution in [0.3, 0.4) is 0 Å². The van der Waals surface area contributed by atoms with Gasteiger partial charge in [-0.1, -0.05) is 18.2 Å². The molecular formula is C13H14O2. The molecule has 2 aliphatic rings. The first kappa shape index (κ1) is 8.96.